The number of hydrogen-bond donors (Lipinski definition) is 1. The summed E-state index contributed by atoms with van der Waals surface area (Å²) in [4.78, 5) is 14.1. The number of likely N-dealkylation sites (tertiary alicyclic amines) is 1. The molecule has 0 aromatic carbocycles. The maximum Gasteiger partial charge on any atom is 0.317 e. The van der Waals surface area contributed by atoms with E-state index in [0.717, 1.165) is 25.9 Å². The molecular weight excluding hydrogens is 252 g/mol. The Labute approximate surface area is 124 Å². The zero-order valence-electron chi connectivity index (χ0n) is 13.7. The number of ether oxygens (including phenoxy) is 1. The van der Waals surface area contributed by atoms with E-state index in [1.165, 1.54) is 32.1 Å². The molecule has 1 rings (SSSR count). The van der Waals surface area contributed by atoms with Gasteiger partial charge >= 0.3 is 6.03 Å². The third-order valence-corrected chi connectivity index (χ3v) is 4.29. The molecular formula is C16H32N2O2. The van der Waals surface area contributed by atoms with Crippen molar-refractivity contribution in [2.24, 2.45) is 0 Å². The average Bonchev–Trinajstić information content (AvgIpc) is 2.35. The normalized spacial score (nSPS) is 18.5. The zero-order chi connectivity index (χ0) is 15.0. The van der Waals surface area contributed by atoms with Crippen LogP contribution in [0.2, 0.25) is 0 Å². The molecule has 2 amide bonds. The number of hydrogen-bond acceptors (Lipinski definition) is 2. The molecule has 1 fully saturated rings. The summed E-state index contributed by atoms with van der Waals surface area (Å²) >= 11 is 0. The first-order valence-electron chi connectivity index (χ1n) is 8.14. The first-order valence-corrected chi connectivity index (χ1v) is 8.14. The quantitative estimate of drug-likeness (QED) is 0.658. The van der Waals surface area contributed by atoms with Gasteiger partial charge in [0, 0.05) is 12.6 Å². The lowest BCUT2D eigenvalue weighted by molar-refractivity contribution is -0.00947. The molecule has 1 saturated heterocycles. The van der Waals surface area contributed by atoms with E-state index in [0.29, 0.717) is 0 Å². The summed E-state index contributed by atoms with van der Waals surface area (Å²) in [6.07, 6.45) is 8.37. The van der Waals surface area contributed by atoms with E-state index in [-0.39, 0.29) is 17.7 Å². The van der Waals surface area contributed by atoms with Gasteiger partial charge in [-0.15, -0.1) is 0 Å². The van der Waals surface area contributed by atoms with Crippen LogP contribution in [-0.2, 0) is 4.74 Å². The second-order valence-corrected chi connectivity index (χ2v) is 6.31. The van der Waals surface area contributed by atoms with E-state index in [9.17, 15) is 4.79 Å². The van der Waals surface area contributed by atoms with Gasteiger partial charge in [-0.05, 0) is 19.8 Å². The molecule has 1 heterocycles. The van der Waals surface area contributed by atoms with Crippen molar-refractivity contribution in [3.63, 3.8) is 0 Å². The smallest absolute Gasteiger partial charge is 0.317 e. The highest BCUT2D eigenvalue weighted by atomic mass is 16.5. The lowest BCUT2D eigenvalue weighted by atomic mass is 9.89. The molecule has 0 radical (unpaired) electrons. The highest BCUT2D eigenvalue weighted by Crippen LogP contribution is 2.23. The first-order chi connectivity index (χ1) is 9.54. The monoisotopic (exact) mass is 284 g/mol. The van der Waals surface area contributed by atoms with E-state index in [1.54, 1.807) is 7.11 Å². The van der Waals surface area contributed by atoms with Crippen LogP contribution in [0.25, 0.3) is 0 Å². The molecule has 1 atom stereocenters. The van der Waals surface area contributed by atoms with Crippen molar-refractivity contribution >= 4 is 6.03 Å². The molecule has 0 spiro atoms. The van der Waals surface area contributed by atoms with Crippen molar-refractivity contribution in [1.29, 1.82) is 0 Å². The minimum absolute atomic E-state index is 0.0551. The number of carbonyl (C=O) groups is 1. The molecule has 20 heavy (non-hydrogen) atoms. The van der Waals surface area contributed by atoms with E-state index < -0.39 is 0 Å². The van der Waals surface area contributed by atoms with Crippen LogP contribution in [0.5, 0.6) is 0 Å². The largest absolute Gasteiger partial charge is 0.378 e. The number of unbranched alkanes of at least 4 members (excludes halogenated alkanes) is 3. The Kier molecular flexibility index (Phi) is 7.35. The highest BCUT2D eigenvalue weighted by molar-refractivity contribution is 5.76. The van der Waals surface area contributed by atoms with Gasteiger partial charge < -0.3 is 15.0 Å². The van der Waals surface area contributed by atoms with E-state index in [4.69, 9.17) is 4.74 Å². The summed E-state index contributed by atoms with van der Waals surface area (Å²) in [5, 5.41) is 3.27. The maximum absolute atomic E-state index is 12.3. The number of carbonyl (C=O) groups excluding carboxylic acids is 1. The Bertz CT molecular complexity index is 290. The standard InChI is InChI=1S/C16H32N2O2/c1-5-7-9-11-16(3,10-8-6-2)17-15(19)18-12-14(13-18)20-4/h14H,5-13H2,1-4H3,(H,17,19). The highest BCUT2D eigenvalue weighted by Gasteiger charge is 2.34. The maximum atomic E-state index is 12.3. The van der Waals surface area contributed by atoms with Gasteiger partial charge in [0.1, 0.15) is 0 Å². The number of nitrogens with one attached hydrogen (secondary N) is 1. The summed E-state index contributed by atoms with van der Waals surface area (Å²) in [7, 11) is 1.70. The van der Waals surface area contributed by atoms with Gasteiger partial charge in [0.2, 0.25) is 0 Å². The van der Waals surface area contributed by atoms with Crippen molar-refractivity contribution < 1.29 is 9.53 Å². The van der Waals surface area contributed by atoms with Crippen LogP contribution >= 0.6 is 0 Å². The lowest BCUT2D eigenvalue weighted by Crippen LogP contribution is -2.61. The van der Waals surface area contributed by atoms with Crippen molar-refractivity contribution in [3.05, 3.63) is 0 Å². The number of rotatable bonds is 9. The van der Waals surface area contributed by atoms with Gasteiger partial charge in [0.25, 0.3) is 0 Å². The average molecular weight is 284 g/mol. The second kappa shape index (κ2) is 8.50. The van der Waals surface area contributed by atoms with Crippen LogP contribution in [0.4, 0.5) is 4.79 Å². The van der Waals surface area contributed by atoms with Gasteiger partial charge in [0.15, 0.2) is 0 Å². The van der Waals surface area contributed by atoms with Gasteiger partial charge in [-0.3, -0.25) is 0 Å². The zero-order valence-corrected chi connectivity index (χ0v) is 13.7. The predicted molar refractivity (Wildman–Crippen MR) is 83.0 cm³/mol. The topological polar surface area (TPSA) is 41.6 Å². The third-order valence-electron chi connectivity index (χ3n) is 4.29. The van der Waals surface area contributed by atoms with Crippen LogP contribution in [0.15, 0.2) is 0 Å². The Morgan fingerprint density at radius 1 is 1.20 bits per heavy atom. The lowest BCUT2D eigenvalue weighted by Gasteiger charge is -2.41. The van der Waals surface area contributed by atoms with Crippen molar-refractivity contribution in [3.8, 4) is 0 Å². The fourth-order valence-electron chi connectivity index (χ4n) is 2.67. The number of urea groups is 1. The number of amides is 2. The molecule has 0 bridgehead atoms. The number of methoxy groups -OCH3 is 1. The summed E-state index contributed by atoms with van der Waals surface area (Å²) in [5.41, 5.74) is -0.0551. The van der Waals surface area contributed by atoms with Crippen LogP contribution in [0.3, 0.4) is 0 Å². The Hall–Kier alpha value is -0.770. The fourth-order valence-corrected chi connectivity index (χ4v) is 2.67. The molecule has 1 N–H and O–H groups in total. The molecule has 1 unspecified atom stereocenters. The Morgan fingerprint density at radius 3 is 2.35 bits per heavy atom. The molecule has 118 valence electrons. The molecule has 4 nitrogen and oxygen atoms in total. The molecule has 1 aliphatic rings. The molecule has 0 aliphatic carbocycles. The predicted octanol–water partition coefficient (Wildman–Crippen LogP) is 3.56. The number of nitrogens with zero attached hydrogens (tertiary/aromatic N) is 1. The van der Waals surface area contributed by atoms with Gasteiger partial charge in [-0.1, -0.05) is 46.0 Å². The van der Waals surface area contributed by atoms with Crippen LogP contribution in [0, 0.1) is 0 Å². The second-order valence-electron chi connectivity index (χ2n) is 6.31. The van der Waals surface area contributed by atoms with E-state index >= 15 is 0 Å². The molecule has 1 aliphatic heterocycles. The van der Waals surface area contributed by atoms with Crippen LogP contribution in [0.1, 0.15) is 65.7 Å². The molecule has 0 saturated carbocycles. The van der Waals surface area contributed by atoms with E-state index in [2.05, 4.69) is 26.1 Å². The van der Waals surface area contributed by atoms with Crippen molar-refractivity contribution in [1.82, 2.24) is 10.2 Å². The summed E-state index contributed by atoms with van der Waals surface area (Å²) < 4.78 is 5.22. The van der Waals surface area contributed by atoms with E-state index in [1.807, 2.05) is 4.90 Å². The SMILES string of the molecule is CCCCCC(C)(CCCC)NC(=O)N1CC(OC)C1. The minimum atomic E-state index is -0.0551. The van der Waals surface area contributed by atoms with Gasteiger partial charge in [0.05, 0.1) is 19.2 Å². The summed E-state index contributed by atoms with van der Waals surface area (Å²) in [6, 6.07) is 0.0772. The summed E-state index contributed by atoms with van der Waals surface area (Å²) in [5.74, 6) is 0. The van der Waals surface area contributed by atoms with Crippen molar-refractivity contribution in [2.75, 3.05) is 20.2 Å². The Morgan fingerprint density at radius 2 is 1.80 bits per heavy atom. The Balaban J connectivity index is 2.44. The van der Waals surface area contributed by atoms with Crippen LogP contribution < -0.4 is 5.32 Å². The van der Waals surface area contributed by atoms with Gasteiger partial charge in [-0.2, -0.15) is 0 Å². The fraction of sp³-hybridized carbons (Fsp3) is 0.938. The first kappa shape index (κ1) is 17.3. The molecule has 4 heteroatoms. The molecule has 0 aromatic heterocycles. The van der Waals surface area contributed by atoms with Gasteiger partial charge in [-0.25, -0.2) is 4.79 Å². The van der Waals surface area contributed by atoms with Crippen molar-refractivity contribution in [2.45, 2.75) is 77.4 Å². The molecule has 0 aromatic rings. The van der Waals surface area contributed by atoms with Crippen LogP contribution in [-0.4, -0.2) is 42.8 Å². The summed E-state index contributed by atoms with van der Waals surface area (Å²) in [6.45, 7) is 8.06. The minimum Gasteiger partial charge on any atom is -0.378 e. The third kappa shape index (κ3) is 5.31.